The second kappa shape index (κ2) is 10.2. The van der Waals surface area contributed by atoms with E-state index in [0.29, 0.717) is 0 Å². The lowest BCUT2D eigenvalue weighted by atomic mass is 9.69. The monoisotopic (exact) mass is 578 g/mol. The van der Waals surface area contributed by atoms with Crippen LogP contribution in [-0.2, 0) is 16.1 Å². The van der Waals surface area contributed by atoms with Crippen LogP contribution in [0.15, 0.2) is 115 Å². The van der Waals surface area contributed by atoms with Crippen LogP contribution in [0.4, 0.5) is 0 Å². The molecule has 0 aliphatic rings. The summed E-state index contributed by atoms with van der Waals surface area (Å²) in [4.78, 5) is 0. The zero-order chi connectivity index (χ0) is 24.3. The summed E-state index contributed by atoms with van der Waals surface area (Å²) in [7, 11) is 0. The molecule has 0 nitrogen and oxygen atoms in total. The van der Waals surface area contributed by atoms with Crippen molar-refractivity contribution in [3.05, 3.63) is 143 Å². The molecule has 35 heavy (non-hydrogen) atoms. The summed E-state index contributed by atoms with van der Waals surface area (Å²) in [6, 6.07) is 41.0. The molecule has 5 aromatic carbocycles. The Balaban J connectivity index is 1.74. The van der Waals surface area contributed by atoms with Crippen molar-refractivity contribution < 1.29 is 0 Å². The van der Waals surface area contributed by atoms with Gasteiger partial charge in [-0.3, -0.25) is 0 Å². The molecule has 0 fully saturated rings. The summed E-state index contributed by atoms with van der Waals surface area (Å²) >= 11 is 7.24. The molecule has 0 N–H and O–H groups in total. The van der Waals surface area contributed by atoms with Crippen LogP contribution in [0.1, 0.15) is 27.8 Å². The van der Waals surface area contributed by atoms with Crippen LogP contribution in [0.5, 0.6) is 0 Å². The van der Waals surface area contributed by atoms with E-state index in [-0.39, 0.29) is 0 Å². The Morgan fingerprint density at radius 2 is 1.09 bits per heavy atom. The lowest BCUT2D eigenvalue weighted by molar-refractivity contribution is 0.807. The van der Waals surface area contributed by atoms with E-state index in [0.717, 1.165) is 32.9 Å². The molecule has 0 atom stereocenters. The summed E-state index contributed by atoms with van der Waals surface area (Å²) in [5.74, 6) is 3.24. The van der Waals surface area contributed by atoms with Crippen molar-refractivity contribution in [1.82, 2.24) is 0 Å². The van der Waals surface area contributed by atoms with Gasteiger partial charge in [0.25, 0.3) is 0 Å². The number of rotatable bonds is 6. The Labute approximate surface area is 224 Å². The van der Waals surface area contributed by atoms with Crippen LogP contribution in [0.25, 0.3) is 21.9 Å². The zero-order valence-corrected chi connectivity index (χ0v) is 22.4. The van der Waals surface area contributed by atoms with Gasteiger partial charge in [0.05, 0.1) is 0 Å². The van der Waals surface area contributed by atoms with Gasteiger partial charge in [0.15, 0.2) is 0 Å². The smallest absolute Gasteiger partial charge is 0.106 e. The van der Waals surface area contributed by atoms with E-state index in [4.69, 9.17) is 6.42 Å². The van der Waals surface area contributed by atoms with E-state index in [2.05, 4.69) is 153 Å². The summed E-state index contributed by atoms with van der Waals surface area (Å²) in [5, 5.41) is 4.03. The van der Waals surface area contributed by atoms with Crippen molar-refractivity contribution in [3.63, 3.8) is 0 Å². The second-order valence-corrected chi connectivity index (χ2v) is 9.83. The molecule has 0 spiro atoms. The number of hydrogen-bond acceptors (Lipinski definition) is 0. The molecule has 0 heterocycles. The number of terminal acetylenes is 1. The van der Waals surface area contributed by atoms with Gasteiger partial charge in [0, 0.05) is 10.7 Å². The van der Waals surface area contributed by atoms with E-state index >= 15 is 0 Å². The van der Waals surface area contributed by atoms with Gasteiger partial charge in [0.2, 0.25) is 0 Å². The number of alkyl halides is 2. The fraction of sp³-hybridized carbons (Fsp3) is 0.0909. The van der Waals surface area contributed by atoms with E-state index in [9.17, 15) is 0 Å². The quantitative estimate of drug-likeness (QED) is 0.107. The van der Waals surface area contributed by atoms with Crippen molar-refractivity contribution in [2.24, 2.45) is 0 Å². The van der Waals surface area contributed by atoms with Crippen molar-refractivity contribution in [1.29, 1.82) is 0 Å². The topological polar surface area (TPSA) is 0 Å². The summed E-state index contributed by atoms with van der Waals surface area (Å²) in [6.45, 7) is 0. The molecule has 0 radical (unpaired) electrons. The third kappa shape index (κ3) is 4.47. The van der Waals surface area contributed by atoms with Crippen molar-refractivity contribution in [3.8, 4) is 23.5 Å². The highest BCUT2D eigenvalue weighted by Crippen LogP contribution is 2.41. The Morgan fingerprint density at radius 1 is 0.543 bits per heavy atom. The van der Waals surface area contributed by atoms with Crippen LogP contribution in [0, 0.1) is 12.3 Å². The summed E-state index contributed by atoms with van der Waals surface area (Å²) in [6.07, 6.45) is 6.48. The van der Waals surface area contributed by atoms with Crippen LogP contribution in [0.2, 0.25) is 0 Å². The third-order valence-corrected chi connectivity index (χ3v) is 7.92. The zero-order valence-electron chi connectivity index (χ0n) is 19.2. The van der Waals surface area contributed by atoms with Gasteiger partial charge in [-0.2, -0.15) is 0 Å². The molecule has 0 unspecified atom stereocenters. The predicted molar refractivity (Wildman–Crippen MR) is 156 cm³/mol. The summed E-state index contributed by atoms with van der Waals surface area (Å²) in [5.41, 5.74) is 7.29. The van der Waals surface area contributed by atoms with Crippen molar-refractivity contribution in [2.75, 3.05) is 0 Å². The molecule has 0 aromatic heterocycles. The van der Waals surface area contributed by atoms with E-state index in [1.807, 2.05) is 0 Å². The Kier molecular flexibility index (Phi) is 6.91. The minimum Gasteiger partial charge on any atom is -0.118 e. The van der Waals surface area contributed by atoms with Gasteiger partial charge in [0.1, 0.15) is 5.41 Å². The number of halogens is 2. The lowest BCUT2D eigenvalue weighted by Crippen LogP contribution is -2.28. The SMILES string of the molecule is C#CC(c1cccc(CBr)c1)(c1cccc(CBr)c1)c1cccc(-c2ccc3ccccc3c2)c1. The van der Waals surface area contributed by atoms with Crippen LogP contribution < -0.4 is 0 Å². The van der Waals surface area contributed by atoms with Crippen molar-refractivity contribution in [2.45, 2.75) is 16.1 Å². The Morgan fingerprint density at radius 3 is 1.69 bits per heavy atom. The highest BCUT2D eigenvalue weighted by atomic mass is 79.9. The van der Waals surface area contributed by atoms with Crippen molar-refractivity contribution >= 4 is 42.6 Å². The fourth-order valence-electron chi connectivity index (χ4n) is 4.83. The first-order chi connectivity index (χ1) is 17.2. The maximum atomic E-state index is 6.48. The molecule has 170 valence electrons. The molecule has 0 saturated heterocycles. The van der Waals surface area contributed by atoms with Crippen LogP contribution in [-0.4, -0.2) is 0 Å². The minimum atomic E-state index is -0.719. The fourth-order valence-corrected chi connectivity index (χ4v) is 5.52. The van der Waals surface area contributed by atoms with Gasteiger partial charge in [-0.25, -0.2) is 0 Å². The maximum absolute atomic E-state index is 6.48. The normalized spacial score (nSPS) is 11.3. The average molecular weight is 580 g/mol. The summed E-state index contributed by atoms with van der Waals surface area (Å²) < 4.78 is 0. The minimum absolute atomic E-state index is 0.719. The van der Waals surface area contributed by atoms with E-state index in [1.54, 1.807) is 0 Å². The Hall–Kier alpha value is -3.12. The van der Waals surface area contributed by atoms with Crippen LogP contribution in [0.3, 0.4) is 0 Å². The molecule has 0 saturated carbocycles. The third-order valence-electron chi connectivity index (χ3n) is 6.62. The lowest BCUT2D eigenvalue weighted by Gasteiger charge is -2.32. The molecule has 2 heteroatoms. The van der Waals surface area contributed by atoms with Gasteiger partial charge in [-0.1, -0.05) is 141 Å². The first kappa shape index (κ1) is 23.6. The standard InChI is InChI=1S/C33H24Br2/c1-2-33(30-13-5-8-24(18-30)22-34,31-14-6-9-25(19-31)23-35)32-15-7-12-28(21-32)29-17-16-26-10-3-4-11-27(26)20-29/h1,3-21H,22-23H2. The first-order valence-corrected chi connectivity index (χ1v) is 13.8. The van der Waals surface area contributed by atoms with Gasteiger partial charge < -0.3 is 0 Å². The molecule has 0 aliphatic carbocycles. The van der Waals surface area contributed by atoms with Gasteiger partial charge in [-0.05, 0) is 61.8 Å². The molecule has 0 bridgehead atoms. The molecular weight excluding hydrogens is 556 g/mol. The number of hydrogen-bond donors (Lipinski definition) is 0. The van der Waals surface area contributed by atoms with E-state index in [1.165, 1.54) is 27.5 Å². The highest BCUT2D eigenvalue weighted by Gasteiger charge is 2.35. The predicted octanol–water partition coefficient (Wildman–Crippen LogP) is 9.26. The largest absolute Gasteiger partial charge is 0.118 e. The Bertz CT molecular complexity index is 1490. The molecule has 5 aromatic rings. The van der Waals surface area contributed by atoms with Crippen LogP contribution >= 0.6 is 31.9 Å². The maximum Gasteiger partial charge on any atom is 0.106 e. The van der Waals surface area contributed by atoms with Gasteiger partial charge in [-0.15, -0.1) is 6.42 Å². The molecular formula is C33H24Br2. The molecule has 0 amide bonds. The average Bonchev–Trinajstić information content (AvgIpc) is 2.94. The van der Waals surface area contributed by atoms with Gasteiger partial charge >= 0.3 is 0 Å². The highest BCUT2D eigenvalue weighted by molar-refractivity contribution is 9.08. The molecule has 0 aliphatic heterocycles. The second-order valence-electron chi connectivity index (χ2n) is 8.71. The number of fused-ring (bicyclic) bond motifs is 1. The van der Waals surface area contributed by atoms with E-state index < -0.39 is 5.41 Å². The molecule has 5 rings (SSSR count). The first-order valence-electron chi connectivity index (χ1n) is 11.6. The number of benzene rings is 5.